The Morgan fingerprint density at radius 2 is 2.17 bits per heavy atom. The first-order chi connectivity index (χ1) is 8.58. The lowest BCUT2D eigenvalue weighted by Crippen LogP contribution is -2.09. The van der Waals surface area contributed by atoms with Crippen molar-refractivity contribution in [3.63, 3.8) is 0 Å². The van der Waals surface area contributed by atoms with Crippen molar-refractivity contribution in [2.45, 2.75) is 33.2 Å². The molecule has 2 aromatic heterocycles. The van der Waals surface area contributed by atoms with Gasteiger partial charge in [0, 0.05) is 17.9 Å². The molecule has 6 heteroatoms. The summed E-state index contributed by atoms with van der Waals surface area (Å²) in [6.45, 7) is 6.05. The predicted molar refractivity (Wildman–Crippen MR) is 75.3 cm³/mol. The van der Waals surface area contributed by atoms with E-state index in [1.165, 1.54) is 0 Å². The Kier molecular flexibility index (Phi) is 4.14. The van der Waals surface area contributed by atoms with Gasteiger partial charge in [0.25, 0.3) is 0 Å². The van der Waals surface area contributed by atoms with Crippen molar-refractivity contribution in [1.29, 1.82) is 0 Å². The summed E-state index contributed by atoms with van der Waals surface area (Å²) < 4.78 is 0. The van der Waals surface area contributed by atoms with Gasteiger partial charge in [-0.25, -0.2) is 15.0 Å². The highest BCUT2D eigenvalue weighted by atomic mass is 35.5. The van der Waals surface area contributed by atoms with E-state index in [-0.39, 0.29) is 6.04 Å². The van der Waals surface area contributed by atoms with E-state index in [0.717, 1.165) is 28.8 Å². The van der Waals surface area contributed by atoms with Gasteiger partial charge >= 0.3 is 0 Å². The van der Waals surface area contributed by atoms with Crippen LogP contribution in [0.1, 0.15) is 36.4 Å². The fraction of sp³-hybridized carbons (Fsp3) is 0.417. The van der Waals surface area contributed by atoms with Crippen LogP contribution in [0.2, 0.25) is 5.15 Å². The summed E-state index contributed by atoms with van der Waals surface area (Å²) >= 11 is 7.60. The molecule has 0 spiro atoms. The van der Waals surface area contributed by atoms with Crippen LogP contribution in [0.5, 0.6) is 0 Å². The Hall–Kier alpha value is -1.20. The van der Waals surface area contributed by atoms with Crippen molar-refractivity contribution < 1.29 is 0 Å². The first-order valence-corrected chi connectivity index (χ1v) is 7.06. The molecule has 0 radical (unpaired) electrons. The molecule has 2 rings (SSSR count). The molecule has 1 atom stereocenters. The molecule has 0 fully saturated rings. The van der Waals surface area contributed by atoms with Gasteiger partial charge in [-0.15, -0.1) is 11.3 Å². The van der Waals surface area contributed by atoms with Crippen LogP contribution in [-0.2, 0) is 6.42 Å². The smallest absolute Gasteiger partial charge is 0.134 e. The molecule has 0 bridgehead atoms. The number of hydrogen-bond donors (Lipinski definition) is 1. The molecule has 0 aromatic carbocycles. The van der Waals surface area contributed by atoms with Crippen LogP contribution in [0.3, 0.4) is 0 Å². The molecular weight excluding hydrogens is 268 g/mol. The minimum atomic E-state index is 0.102. The number of halogens is 1. The van der Waals surface area contributed by atoms with Crippen molar-refractivity contribution in [2.75, 3.05) is 5.32 Å². The second-order valence-corrected chi connectivity index (χ2v) is 5.45. The van der Waals surface area contributed by atoms with Crippen molar-refractivity contribution in [2.24, 2.45) is 0 Å². The molecule has 0 aliphatic rings. The lowest BCUT2D eigenvalue weighted by Gasteiger charge is -2.13. The van der Waals surface area contributed by atoms with E-state index >= 15 is 0 Å². The van der Waals surface area contributed by atoms with Crippen LogP contribution in [0, 0.1) is 6.92 Å². The first kappa shape index (κ1) is 13.2. The molecule has 0 saturated carbocycles. The number of nitrogens with zero attached hydrogens (tertiary/aromatic N) is 3. The fourth-order valence-corrected chi connectivity index (χ4v) is 2.48. The minimum Gasteiger partial charge on any atom is -0.362 e. The van der Waals surface area contributed by atoms with E-state index < -0.39 is 0 Å². The van der Waals surface area contributed by atoms with Crippen LogP contribution in [-0.4, -0.2) is 15.0 Å². The van der Waals surface area contributed by atoms with Gasteiger partial charge < -0.3 is 5.32 Å². The highest BCUT2D eigenvalue weighted by molar-refractivity contribution is 7.09. The van der Waals surface area contributed by atoms with Gasteiger partial charge in [-0.05, 0) is 13.8 Å². The standard InChI is InChI=1S/C12H15ClN4S/c1-4-11-16-10(13)5-12(17-11)14-7(2)9-6-18-8(3)15-9/h5-7H,4H2,1-3H3,(H,14,16,17). The summed E-state index contributed by atoms with van der Waals surface area (Å²) in [5, 5.41) is 6.88. The summed E-state index contributed by atoms with van der Waals surface area (Å²) in [6, 6.07) is 1.84. The van der Waals surface area contributed by atoms with Gasteiger partial charge in [0.2, 0.25) is 0 Å². The van der Waals surface area contributed by atoms with Crippen molar-refractivity contribution in [1.82, 2.24) is 15.0 Å². The first-order valence-electron chi connectivity index (χ1n) is 5.80. The third-order valence-electron chi connectivity index (χ3n) is 2.50. The van der Waals surface area contributed by atoms with Gasteiger partial charge in [-0.2, -0.15) is 0 Å². The molecule has 1 unspecified atom stereocenters. The second kappa shape index (κ2) is 5.63. The number of anilines is 1. The zero-order valence-corrected chi connectivity index (χ0v) is 12.1. The molecule has 18 heavy (non-hydrogen) atoms. The maximum atomic E-state index is 5.96. The molecule has 2 heterocycles. The molecule has 96 valence electrons. The quantitative estimate of drug-likeness (QED) is 0.870. The average Bonchev–Trinajstić information content (AvgIpc) is 2.75. The van der Waals surface area contributed by atoms with Crippen molar-refractivity contribution in [3.8, 4) is 0 Å². The summed E-state index contributed by atoms with van der Waals surface area (Å²) in [5.74, 6) is 1.48. The summed E-state index contributed by atoms with van der Waals surface area (Å²) in [6.07, 6.45) is 0.763. The Balaban J connectivity index is 2.16. The summed E-state index contributed by atoms with van der Waals surface area (Å²) in [4.78, 5) is 13.0. The molecule has 1 N–H and O–H groups in total. The Morgan fingerprint density at radius 1 is 1.39 bits per heavy atom. The van der Waals surface area contributed by atoms with E-state index in [1.807, 2.05) is 13.8 Å². The number of rotatable bonds is 4. The molecule has 0 amide bonds. The maximum Gasteiger partial charge on any atom is 0.134 e. The predicted octanol–water partition coefficient (Wildman–Crippen LogP) is 3.63. The van der Waals surface area contributed by atoms with E-state index in [9.17, 15) is 0 Å². The number of hydrogen-bond acceptors (Lipinski definition) is 5. The van der Waals surface area contributed by atoms with E-state index in [0.29, 0.717) is 5.15 Å². The van der Waals surface area contributed by atoms with Gasteiger partial charge in [0.1, 0.15) is 16.8 Å². The van der Waals surface area contributed by atoms with Crippen LogP contribution >= 0.6 is 22.9 Å². The van der Waals surface area contributed by atoms with Gasteiger partial charge in [0.15, 0.2) is 0 Å². The normalized spacial score (nSPS) is 12.4. The third-order valence-corrected chi connectivity index (χ3v) is 3.49. The van der Waals surface area contributed by atoms with Gasteiger partial charge in [-0.1, -0.05) is 18.5 Å². The third kappa shape index (κ3) is 3.17. The lowest BCUT2D eigenvalue weighted by atomic mass is 10.2. The molecule has 0 aliphatic heterocycles. The highest BCUT2D eigenvalue weighted by Gasteiger charge is 2.10. The number of aromatic nitrogens is 3. The molecule has 0 aliphatic carbocycles. The molecular formula is C12H15ClN4S. The van der Waals surface area contributed by atoms with Gasteiger partial charge in [-0.3, -0.25) is 0 Å². The van der Waals surface area contributed by atoms with Crippen LogP contribution in [0.25, 0.3) is 0 Å². The van der Waals surface area contributed by atoms with E-state index in [1.54, 1.807) is 17.4 Å². The zero-order chi connectivity index (χ0) is 13.1. The van der Waals surface area contributed by atoms with Crippen LogP contribution in [0.15, 0.2) is 11.4 Å². The molecule has 4 nitrogen and oxygen atoms in total. The van der Waals surface area contributed by atoms with Crippen LogP contribution < -0.4 is 5.32 Å². The lowest BCUT2D eigenvalue weighted by molar-refractivity contribution is 0.827. The monoisotopic (exact) mass is 282 g/mol. The van der Waals surface area contributed by atoms with Gasteiger partial charge in [0.05, 0.1) is 16.7 Å². The summed E-state index contributed by atoms with van der Waals surface area (Å²) in [5.41, 5.74) is 1.02. The Morgan fingerprint density at radius 3 is 2.78 bits per heavy atom. The van der Waals surface area contributed by atoms with Crippen molar-refractivity contribution >= 4 is 28.8 Å². The molecule has 0 saturated heterocycles. The average molecular weight is 283 g/mol. The van der Waals surface area contributed by atoms with E-state index in [2.05, 4.69) is 32.6 Å². The second-order valence-electron chi connectivity index (χ2n) is 4.00. The largest absolute Gasteiger partial charge is 0.362 e. The Labute approximate surface area is 115 Å². The topological polar surface area (TPSA) is 50.7 Å². The van der Waals surface area contributed by atoms with Crippen LogP contribution in [0.4, 0.5) is 5.82 Å². The minimum absolute atomic E-state index is 0.102. The highest BCUT2D eigenvalue weighted by Crippen LogP contribution is 2.21. The fourth-order valence-electron chi connectivity index (χ4n) is 1.57. The number of aryl methyl sites for hydroxylation is 2. The zero-order valence-electron chi connectivity index (χ0n) is 10.6. The summed E-state index contributed by atoms with van der Waals surface area (Å²) in [7, 11) is 0. The maximum absolute atomic E-state index is 5.96. The van der Waals surface area contributed by atoms with Crippen molar-refractivity contribution in [3.05, 3.63) is 33.1 Å². The SMILES string of the molecule is CCc1nc(Cl)cc(NC(C)c2csc(C)n2)n1. The number of thiazole rings is 1. The number of nitrogens with one attached hydrogen (secondary N) is 1. The van der Waals surface area contributed by atoms with E-state index in [4.69, 9.17) is 11.6 Å². The molecule has 2 aromatic rings. The Bertz CT molecular complexity index is 541.